The molecule has 0 aromatic carbocycles. The molecule has 0 radical (unpaired) electrons. The van der Waals surface area contributed by atoms with Gasteiger partial charge in [-0.05, 0) is 17.7 Å². The van der Waals surface area contributed by atoms with E-state index in [1.165, 1.54) is 17.9 Å². The molecule has 2 aliphatic rings. The van der Waals surface area contributed by atoms with E-state index in [1.807, 2.05) is 13.8 Å². The number of hydrogen-bond donors (Lipinski definition) is 1. The van der Waals surface area contributed by atoms with Crippen LogP contribution < -0.4 is 10.8 Å². The molecule has 0 saturated carbocycles. The summed E-state index contributed by atoms with van der Waals surface area (Å²) in [6, 6.07) is 0. The molecule has 0 aromatic heterocycles. The highest BCUT2D eigenvalue weighted by Gasteiger charge is 2.24. The third kappa shape index (κ3) is 2.33. The molecule has 2 aliphatic heterocycles. The Hall–Kier alpha value is -1.89. The molecule has 0 spiro atoms. The Labute approximate surface area is 110 Å². The molecule has 0 aliphatic carbocycles. The van der Waals surface area contributed by atoms with E-state index < -0.39 is 11.6 Å². The third-order valence-corrected chi connectivity index (χ3v) is 3.23. The Morgan fingerprint density at radius 1 is 1.42 bits per heavy atom. The minimum Gasteiger partial charge on any atom is -0.858 e. The molecule has 19 heavy (non-hydrogen) atoms. The standard InChI is InChI=1S/C12H18N4O3/c1-12(2,4-5-17)6-16-9-8(13-7-14-9)10(18)15(3)11(16)19/h7,17-18H,4-6H2,1-3H3/p-1. The van der Waals surface area contributed by atoms with Crippen molar-refractivity contribution in [1.82, 2.24) is 19.1 Å². The molecule has 0 aromatic rings. The van der Waals surface area contributed by atoms with Crippen LogP contribution in [0.5, 0.6) is 5.88 Å². The maximum absolute atomic E-state index is 12.2. The van der Waals surface area contributed by atoms with Gasteiger partial charge in [0.05, 0.1) is 0 Å². The number of nitrogens with zero attached hydrogens (tertiary/aromatic N) is 4. The van der Waals surface area contributed by atoms with Crippen molar-refractivity contribution in [1.29, 1.82) is 0 Å². The molecule has 7 nitrogen and oxygen atoms in total. The normalized spacial score (nSPS) is 12.2. The van der Waals surface area contributed by atoms with Crippen LogP contribution >= 0.6 is 0 Å². The average Bonchev–Trinajstić information content (AvgIpc) is 2.81. The Bertz CT molecular complexity index is 614. The van der Waals surface area contributed by atoms with Crippen molar-refractivity contribution in [3.63, 3.8) is 0 Å². The van der Waals surface area contributed by atoms with Crippen molar-refractivity contribution in [2.75, 3.05) is 6.61 Å². The zero-order chi connectivity index (χ0) is 14.2. The van der Waals surface area contributed by atoms with E-state index in [9.17, 15) is 9.90 Å². The van der Waals surface area contributed by atoms with Gasteiger partial charge in [0.1, 0.15) is 12.0 Å². The van der Waals surface area contributed by atoms with E-state index in [4.69, 9.17) is 5.11 Å². The van der Waals surface area contributed by atoms with Crippen molar-refractivity contribution >= 4 is 0 Å². The van der Waals surface area contributed by atoms with Crippen molar-refractivity contribution < 1.29 is 10.2 Å². The van der Waals surface area contributed by atoms with Crippen LogP contribution in [0.4, 0.5) is 0 Å². The van der Waals surface area contributed by atoms with Crippen molar-refractivity contribution in [3.8, 4) is 17.4 Å². The van der Waals surface area contributed by atoms with Crippen LogP contribution in [-0.2, 0) is 13.6 Å². The fourth-order valence-corrected chi connectivity index (χ4v) is 2.08. The predicted octanol–water partition coefficient (Wildman–Crippen LogP) is -0.436. The van der Waals surface area contributed by atoms with E-state index in [1.54, 1.807) is 0 Å². The summed E-state index contributed by atoms with van der Waals surface area (Å²) in [4.78, 5) is 20.1. The third-order valence-electron chi connectivity index (χ3n) is 3.23. The summed E-state index contributed by atoms with van der Waals surface area (Å²) < 4.78 is 2.48. The number of rotatable bonds is 4. The topological polar surface area (TPSA) is 96.0 Å². The van der Waals surface area contributed by atoms with Crippen molar-refractivity contribution in [2.45, 2.75) is 26.8 Å². The van der Waals surface area contributed by atoms with E-state index >= 15 is 0 Å². The molecular formula is C12H17N4O3-. The van der Waals surface area contributed by atoms with Gasteiger partial charge in [0.2, 0.25) is 0 Å². The van der Waals surface area contributed by atoms with E-state index in [-0.39, 0.29) is 17.7 Å². The van der Waals surface area contributed by atoms with E-state index in [0.29, 0.717) is 18.8 Å². The van der Waals surface area contributed by atoms with Gasteiger partial charge in [-0.3, -0.25) is 4.57 Å². The SMILES string of the molecule is Cn1c([O-])c2ncnc-2n(CC(C)(C)CCO)c1=O. The molecule has 0 bridgehead atoms. The lowest BCUT2D eigenvalue weighted by Gasteiger charge is -2.27. The first-order valence-corrected chi connectivity index (χ1v) is 6.05. The zero-order valence-corrected chi connectivity index (χ0v) is 11.3. The summed E-state index contributed by atoms with van der Waals surface area (Å²) in [6.45, 7) is 4.31. The second-order valence-corrected chi connectivity index (χ2v) is 5.42. The first kappa shape index (κ1) is 13.5. The summed E-state index contributed by atoms with van der Waals surface area (Å²) in [6.07, 6.45) is 1.83. The molecule has 1 N–H and O–H groups in total. The van der Waals surface area contributed by atoms with Gasteiger partial charge in [0.15, 0.2) is 5.82 Å². The molecule has 0 fully saturated rings. The van der Waals surface area contributed by atoms with Gasteiger partial charge in [-0.25, -0.2) is 14.8 Å². The average molecular weight is 265 g/mol. The Morgan fingerprint density at radius 2 is 2.11 bits per heavy atom. The molecule has 104 valence electrons. The van der Waals surface area contributed by atoms with E-state index in [2.05, 4.69) is 9.97 Å². The van der Waals surface area contributed by atoms with Crippen LogP contribution in [0.2, 0.25) is 0 Å². The van der Waals surface area contributed by atoms with Gasteiger partial charge in [-0.2, -0.15) is 0 Å². The lowest BCUT2D eigenvalue weighted by atomic mass is 9.89. The highest BCUT2D eigenvalue weighted by Crippen LogP contribution is 2.27. The molecule has 0 atom stereocenters. The second kappa shape index (κ2) is 4.65. The number of hydrogen-bond acceptors (Lipinski definition) is 5. The smallest absolute Gasteiger partial charge is 0.329 e. The number of fused-ring (bicyclic) bond motifs is 1. The first-order valence-electron chi connectivity index (χ1n) is 6.05. The maximum Gasteiger partial charge on any atom is 0.329 e. The Balaban J connectivity index is 2.56. The largest absolute Gasteiger partial charge is 0.858 e. The van der Waals surface area contributed by atoms with Gasteiger partial charge >= 0.3 is 5.69 Å². The fraction of sp³-hybridized carbons (Fsp3) is 0.583. The van der Waals surface area contributed by atoms with Gasteiger partial charge in [0, 0.05) is 20.2 Å². The van der Waals surface area contributed by atoms with Crippen LogP contribution in [-0.4, -0.2) is 30.8 Å². The fourth-order valence-electron chi connectivity index (χ4n) is 2.08. The lowest BCUT2D eigenvalue weighted by Crippen LogP contribution is -2.37. The highest BCUT2D eigenvalue weighted by molar-refractivity contribution is 5.56. The number of aromatic nitrogens is 4. The van der Waals surface area contributed by atoms with Gasteiger partial charge in [-0.15, -0.1) is 0 Å². The summed E-state index contributed by atoms with van der Waals surface area (Å²) in [7, 11) is 1.42. The lowest BCUT2D eigenvalue weighted by molar-refractivity contribution is -0.279. The molecule has 7 heteroatoms. The monoisotopic (exact) mass is 265 g/mol. The molecular weight excluding hydrogens is 248 g/mol. The molecule has 2 heterocycles. The molecule has 0 amide bonds. The number of aliphatic hydroxyl groups is 1. The minimum atomic E-state index is -0.436. The van der Waals surface area contributed by atoms with Crippen LogP contribution in [0.25, 0.3) is 11.5 Å². The van der Waals surface area contributed by atoms with Gasteiger partial charge < -0.3 is 14.8 Å². The summed E-state index contributed by atoms with van der Waals surface area (Å²) >= 11 is 0. The predicted molar refractivity (Wildman–Crippen MR) is 66.8 cm³/mol. The molecule has 2 rings (SSSR count). The quantitative estimate of drug-likeness (QED) is 0.808. The van der Waals surface area contributed by atoms with Crippen molar-refractivity contribution in [3.05, 3.63) is 16.8 Å². The van der Waals surface area contributed by atoms with Crippen LogP contribution in [0.3, 0.4) is 0 Å². The Morgan fingerprint density at radius 3 is 2.74 bits per heavy atom. The zero-order valence-electron chi connectivity index (χ0n) is 11.3. The minimum absolute atomic E-state index is 0.0450. The number of imidazole rings is 1. The van der Waals surface area contributed by atoms with E-state index in [0.717, 1.165) is 4.57 Å². The van der Waals surface area contributed by atoms with Gasteiger partial charge in [-0.1, -0.05) is 13.8 Å². The van der Waals surface area contributed by atoms with Gasteiger partial charge in [0.25, 0.3) is 0 Å². The molecule has 0 saturated heterocycles. The van der Waals surface area contributed by atoms with Crippen molar-refractivity contribution in [2.24, 2.45) is 12.5 Å². The number of aliphatic hydroxyl groups excluding tert-OH is 1. The summed E-state index contributed by atoms with van der Waals surface area (Å²) in [5, 5.41) is 20.9. The first-order chi connectivity index (χ1) is 8.87. The second-order valence-electron chi connectivity index (χ2n) is 5.42. The summed E-state index contributed by atoms with van der Waals surface area (Å²) in [5.74, 6) is -0.132. The highest BCUT2D eigenvalue weighted by atomic mass is 16.3. The maximum atomic E-state index is 12.2. The van der Waals surface area contributed by atoms with Crippen LogP contribution in [0.15, 0.2) is 11.1 Å². The van der Waals surface area contributed by atoms with Crippen LogP contribution in [0.1, 0.15) is 20.3 Å². The molecule has 0 unspecified atom stereocenters. The van der Waals surface area contributed by atoms with Crippen LogP contribution in [0, 0.1) is 5.41 Å². The summed E-state index contributed by atoms with van der Waals surface area (Å²) in [5.41, 5.74) is -0.493. The Kier molecular flexibility index (Phi) is 3.32.